The molecule has 1 N–H and O–H groups in total. The highest BCUT2D eigenvalue weighted by Crippen LogP contribution is 2.25. The van der Waals surface area contributed by atoms with Crippen LogP contribution in [-0.2, 0) is 0 Å². The molecule has 2 aromatic heterocycles. The zero-order chi connectivity index (χ0) is 13.9. The van der Waals surface area contributed by atoms with Crippen LogP contribution in [-0.4, -0.2) is 35.1 Å². The Morgan fingerprint density at radius 1 is 1.40 bits per heavy atom. The number of imidazole rings is 1. The van der Waals surface area contributed by atoms with Gasteiger partial charge in [0, 0.05) is 31.5 Å². The average molecular weight is 272 g/mol. The lowest BCUT2D eigenvalue weighted by Gasteiger charge is -2.28. The molecule has 4 heteroatoms. The van der Waals surface area contributed by atoms with Gasteiger partial charge in [-0.1, -0.05) is 19.9 Å². The second-order valence-electron chi connectivity index (χ2n) is 6.08. The fourth-order valence-corrected chi connectivity index (χ4v) is 3.05. The molecule has 0 bridgehead atoms. The van der Waals surface area contributed by atoms with E-state index < -0.39 is 0 Å². The molecule has 2 aromatic rings. The van der Waals surface area contributed by atoms with E-state index >= 15 is 0 Å². The number of anilines is 1. The second-order valence-corrected chi connectivity index (χ2v) is 6.08. The van der Waals surface area contributed by atoms with Crippen molar-refractivity contribution in [3.8, 4) is 0 Å². The van der Waals surface area contributed by atoms with Crippen LogP contribution in [0, 0.1) is 5.92 Å². The lowest BCUT2D eigenvalue weighted by molar-refractivity contribution is 0.511. The first-order valence-electron chi connectivity index (χ1n) is 7.65. The maximum Gasteiger partial charge on any atom is 0.138 e. The minimum Gasteiger partial charge on any atom is -0.353 e. The van der Waals surface area contributed by atoms with Gasteiger partial charge < -0.3 is 10.2 Å². The fraction of sp³-hybridized carbons (Fsp3) is 0.562. The molecule has 0 saturated carbocycles. The highest BCUT2D eigenvalue weighted by Gasteiger charge is 2.25. The van der Waals surface area contributed by atoms with Gasteiger partial charge in [-0.25, -0.2) is 4.98 Å². The van der Waals surface area contributed by atoms with Crippen LogP contribution in [0.15, 0.2) is 30.6 Å². The summed E-state index contributed by atoms with van der Waals surface area (Å²) in [7, 11) is 0. The molecule has 1 atom stereocenters. The van der Waals surface area contributed by atoms with Gasteiger partial charge in [0.05, 0.1) is 0 Å². The average Bonchev–Trinajstić information content (AvgIpc) is 3.05. The summed E-state index contributed by atoms with van der Waals surface area (Å²) < 4.78 is 2.20. The minimum absolute atomic E-state index is 0.599. The van der Waals surface area contributed by atoms with Gasteiger partial charge in [0.2, 0.25) is 0 Å². The molecule has 0 aromatic carbocycles. The van der Waals surface area contributed by atoms with Gasteiger partial charge in [-0.2, -0.15) is 0 Å². The van der Waals surface area contributed by atoms with Crippen LogP contribution in [0.2, 0.25) is 0 Å². The van der Waals surface area contributed by atoms with E-state index in [2.05, 4.69) is 57.8 Å². The molecule has 0 aliphatic carbocycles. The highest BCUT2D eigenvalue weighted by atomic mass is 15.3. The number of hydrogen-bond donors (Lipinski definition) is 1. The van der Waals surface area contributed by atoms with Crippen molar-refractivity contribution in [2.75, 3.05) is 24.5 Å². The molecular weight excluding hydrogens is 248 g/mol. The fourth-order valence-electron chi connectivity index (χ4n) is 3.05. The summed E-state index contributed by atoms with van der Waals surface area (Å²) in [5.41, 5.74) is 1.03. The number of aromatic nitrogens is 2. The van der Waals surface area contributed by atoms with Crippen molar-refractivity contribution in [2.24, 2.45) is 5.92 Å². The second kappa shape index (κ2) is 5.83. The molecule has 20 heavy (non-hydrogen) atoms. The van der Waals surface area contributed by atoms with E-state index in [-0.39, 0.29) is 0 Å². The molecule has 4 nitrogen and oxygen atoms in total. The molecule has 1 aliphatic rings. The van der Waals surface area contributed by atoms with Crippen LogP contribution in [0.3, 0.4) is 0 Å². The molecule has 0 amide bonds. The Morgan fingerprint density at radius 2 is 2.30 bits per heavy atom. The van der Waals surface area contributed by atoms with Crippen LogP contribution in [0.1, 0.15) is 26.7 Å². The molecular formula is C16H24N4. The summed E-state index contributed by atoms with van der Waals surface area (Å²) in [6, 6.07) is 6.97. The van der Waals surface area contributed by atoms with Gasteiger partial charge in [-0.05, 0) is 37.4 Å². The first-order chi connectivity index (χ1) is 9.75. The standard InChI is InChI=1S/C16H24N4/c1-13(2)11-17-12-14-5-4-9-19(14)16-7-3-6-15-18-8-10-20(15)16/h3,6-8,10,13-14,17H,4-5,9,11-12H2,1-2H3. The Labute approximate surface area is 120 Å². The summed E-state index contributed by atoms with van der Waals surface area (Å²) in [6.07, 6.45) is 6.48. The number of hydrogen-bond acceptors (Lipinski definition) is 3. The summed E-state index contributed by atoms with van der Waals surface area (Å²) >= 11 is 0. The Bertz CT molecular complexity index is 560. The maximum atomic E-state index is 4.38. The minimum atomic E-state index is 0.599. The smallest absolute Gasteiger partial charge is 0.138 e. The van der Waals surface area contributed by atoms with E-state index in [0.29, 0.717) is 12.0 Å². The zero-order valence-corrected chi connectivity index (χ0v) is 12.4. The van der Waals surface area contributed by atoms with Crippen molar-refractivity contribution in [3.63, 3.8) is 0 Å². The van der Waals surface area contributed by atoms with Gasteiger partial charge in [0.15, 0.2) is 0 Å². The monoisotopic (exact) mass is 272 g/mol. The largest absolute Gasteiger partial charge is 0.353 e. The van der Waals surface area contributed by atoms with Crippen molar-refractivity contribution >= 4 is 11.5 Å². The van der Waals surface area contributed by atoms with E-state index in [1.54, 1.807) is 0 Å². The number of nitrogens with zero attached hydrogens (tertiary/aromatic N) is 3. The quantitative estimate of drug-likeness (QED) is 0.908. The lowest BCUT2D eigenvalue weighted by atomic mass is 10.2. The molecule has 0 radical (unpaired) electrons. The number of rotatable bonds is 5. The van der Waals surface area contributed by atoms with Crippen molar-refractivity contribution in [1.29, 1.82) is 0 Å². The Balaban J connectivity index is 1.76. The van der Waals surface area contributed by atoms with Crippen LogP contribution < -0.4 is 10.2 Å². The summed E-state index contributed by atoms with van der Waals surface area (Å²) in [6.45, 7) is 7.82. The molecule has 3 heterocycles. The van der Waals surface area contributed by atoms with E-state index in [9.17, 15) is 0 Å². The Hall–Kier alpha value is -1.55. The van der Waals surface area contributed by atoms with E-state index in [1.165, 1.54) is 18.7 Å². The normalized spacial score (nSPS) is 19.4. The van der Waals surface area contributed by atoms with Gasteiger partial charge >= 0.3 is 0 Å². The molecule has 108 valence electrons. The molecule has 1 aliphatic heterocycles. The molecule has 3 rings (SSSR count). The van der Waals surface area contributed by atoms with Gasteiger partial charge in [-0.15, -0.1) is 0 Å². The Kier molecular flexibility index (Phi) is 3.92. The first-order valence-corrected chi connectivity index (χ1v) is 7.65. The molecule has 1 fully saturated rings. The van der Waals surface area contributed by atoms with Gasteiger partial charge in [0.25, 0.3) is 0 Å². The molecule has 1 unspecified atom stereocenters. The predicted molar refractivity (Wildman–Crippen MR) is 83.3 cm³/mol. The van der Waals surface area contributed by atoms with Crippen molar-refractivity contribution in [1.82, 2.24) is 14.7 Å². The van der Waals surface area contributed by atoms with Gasteiger partial charge in [-0.3, -0.25) is 4.40 Å². The van der Waals surface area contributed by atoms with Crippen LogP contribution in [0.5, 0.6) is 0 Å². The number of nitrogens with one attached hydrogen (secondary N) is 1. The maximum absolute atomic E-state index is 4.38. The van der Waals surface area contributed by atoms with Crippen molar-refractivity contribution in [2.45, 2.75) is 32.7 Å². The zero-order valence-electron chi connectivity index (χ0n) is 12.4. The highest BCUT2D eigenvalue weighted by molar-refractivity contribution is 5.52. The third kappa shape index (κ3) is 2.66. The van der Waals surface area contributed by atoms with Crippen LogP contribution in [0.4, 0.5) is 5.82 Å². The summed E-state index contributed by atoms with van der Waals surface area (Å²) in [4.78, 5) is 6.91. The number of fused-ring (bicyclic) bond motifs is 1. The Morgan fingerprint density at radius 3 is 3.15 bits per heavy atom. The van der Waals surface area contributed by atoms with E-state index in [0.717, 1.165) is 25.3 Å². The lowest BCUT2D eigenvalue weighted by Crippen LogP contribution is -2.39. The van der Waals surface area contributed by atoms with Crippen molar-refractivity contribution in [3.05, 3.63) is 30.6 Å². The third-order valence-corrected chi connectivity index (χ3v) is 4.01. The van der Waals surface area contributed by atoms with Crippen LogP contribution >= 0.6 is 0 Å². The van der Waals surface area contributed by atoms with E-state index in [4.69, 9.17) is 0 Å². The molecule has 0 spiro atoms. The van der Waals surface area contributed by atoms with Crippen LogP contribution in [0.25, 0.3) is 5.65 Å². The molecule has 1 saturated heterocycles. The number of pyridine rings is 1. The SMILES string of the molecule is CC(C)CNCC1CCCN1c1cccc2nccn12. The third-order valence-electron chi connectivity index (χ3n) is 4.01. The first kappa shape index (κ1) is 13.4. The van der Waals surface area contributed by atoms with Crippen molar-refractivity contribution < 1.29 is 0 Å². The predicted octanol–water partition coefficient (Wildman–Crippen LogP) is 2.55. The summed E-state index contributed by atoms with van der Waals surface area (Å²) in [5.74, 6) is 1.98. The topological polar surface area (TPSA) is 32.6 Å². The van der Waals surface area contributed by atoms with Gasteiger partial charge in [0.1, 0.15) is 11.5 Å². The van der Waals surface area contributed by atoms with E-state index in [1.807, 2.05) is 6.20 Å². The summed E-state index contributed by atoms with van der Waals surface area (Å²) in [5, 5.41) is 3.60.